The number of rotatable bonds is 7. The second-order valence-corrected chi connectivity index (χ2v) is 6.58. The number of hydrogen-bond acceptors (Lipinski definition) is 5. The molecule has 0 saturated heterocycles. The lowest BCUT2D eigenvalue weighted by Gasteiger charge is -2.06. The molecule has 0 saturated carbocycles. The van der Waals surface area contributed by atoms with Crippen molar-refractivity contribution in [2.75, 3.05) is 6.26 Å². The summed E-state index contributed by atoms with van der Waals surface area (Å²) in [6.45, 7) is 2.33. The van der Waals surface area contributed by atoms with Gasteiger partial charge in [-0.1, -0.05) is 35.5 Å². The third-order valence-electron chi connectivity index (χ3n) is 3.82. The summed E-state index contributed by atoms with van der Waals surface area (Å²) < 4.78 is 7.65. The van der Waals surface area contributed by atoms with Crippen LogP contribution in [0.2, 0.25) is 0 Å². The first-order valence-electron chi connectivity index (χ1n) is 8.22. The van der Waals surface area contributed by atoms with Crippen LogP contribution in [0, 0.1) is 6.92 Å². The highest BCUT2D eigenvalue weighted by Gasteiger charge is 2.14. The molecule has 1 heterocycles. The predicted molar refractivity (Wildman–Crippen MR) is 105 cm³/mol. The summed E-state index contributed by atoms with van der Waals surface area (Å²) in [4.78, 5) is 6.66. The Morgan fingerprint density at radius 1 is 1.12 bits per heavy atom. The lowest BCUT2D eigenvalue weighted by molar-refractivity contribution is 0.132. The van der Waals surface area contributed by atoms with Gasteiger partial charge in [0.1, 0.15) is 12.4 Å². The minimum atomic E-state index is 0.416. The molecule has 6 heteroatoms. The van der Waals surface area contributed by atoms with E-state index in [-0.39, 0.29) is 0 Å². The first kappa shape index (κ1) is 18.1. The molecule has 0 unspecified atom stereocenters. The Kier molecular flexibility index (Phi) is 5.96. The lowest BCUT2D eigenvalue weighted by atomic mass is 10.2. The van der Waals surface area contributed by atoms with E-state index in [1.54, 1.807) is 22.7 Å². The van der Waals surface area contributed by atoms with Crippen molar-refractivity contribution in [3.63, 3.8) is 0 Å². The van der Waals surface area contributed by atoms with Crippen LogP contribution in [0.5, 0.6) is 11.6 Å². The van der Waals surface area contributed by atoms with Gasteiger partial charge in [-0.05, 0) is 43.0 Å². The molecular weight excluding hydrogens is 346 g/mol. The Labute approximate surface area is 157 Å². The van der Waals surface area contributed by atoms with E-state index in [0.29, 0.717) is 12.5 Å². The van der Waals surface area contributed by atoms with Gasteiger partial charge in [-0.3, -0.25) is 0 Å². The maximum atomic E-state index is 5.95. The fourth-order valence-electron chi connectivity index (χ4n) is 2.45. The van der Waals surface area contributed by atoms with Gasteiger partial charge in [0.2, 0.25) is 5.88 Å². The third kappa shape index (κ3) is 4.46. The van der Waals surface area contributed by atoms with Gasteiger partial charge >= 0.3 is 0 Å². The van der Waals surface area contributed by atoms with Crippen LogP contribution in [-0.2, 0) is 18.5 Å². The molecule has 0 bridgehead atoms. The normalized spacial score (nSPS) is 11.0. The Bertz CT molecular complexity index is 874. The van der Waals surface area contributed by atoms with Crippen molar-refractivity contribution in [1.29, 1.82) is 0 Å². The molecule has 0 amide bonds. The number of para-hydroxylation sites is 1. The van der Waals surface area contributed by atoms with Crippen LogP contribution in [-0.4, -0.2) is 22.3 Å². The molecule has 3 aromatic rings. The van der Waals surface area contributed by atoms with Gasteiger partial charge in [-0.25, -0.2) is 4.68 Å². The van der Waals surface area contributed by atoms with Crippen LogP contribution in [0.4, 0.5) is 0 Å². The summed E-state index contributed by atoms with van der Waals surface area (Å²) in [5.41, 5.74) is 2.70. The van der Waals surface area contributed by atoms with Crippen molar-refractivity contribution in [2.24, 2.45) is 12.2 Å². The van der Waals surface area contributed by atoms with Gasteiger partial charge in [-0.2, -0.15) is 5.10 Å². The summed E-state index contributed by atoms with van der Waals surface area (Å²) in [6, 6.07) is 17.8. The second-order valence-electron chi connectivity index (χ2n) is 5.70. The summed E-state index contributed by atoms with van der Waals surface area (Å²) in [5.74, 6) is 1.38. The van der Waals surface area contributed by atoms with E-state index >= 15 is 0 Å². The molecule has 26 heavy (non-hydrogen) atoms. The van der Waals surface area contributed by atoms with E-state index in [1.807, 2.05) is 56.4 Å². The van der Waals surface area contributed by atoms with Crippen LogP contribution in [0.25, 0.3) is 0 Å². The lowest BCUT2D eigenvalue weighted by Crippen LogP contribution is -1.97. The molecule has 0 fully saturated rings. The monoisotopic (exact) mass is 367 g/mol. The number of aryl methyl sites for hydroxylation is 2. The molecular formula is C20H21N3O2S. The summed E-state index contributed by atoms with van der Waals surface area (Å²) in [7, 11) is 1.84. The topological polar surface area (TPSA) is 48.6 Å². The molecule has 0 aliphatic heterocycles. The van der Waals surface area contributed by atoms with Gasteiger partial charge in [0.05, 0.1) is 17.5 Å². The van der Waals surface area contributed by atoms with Crippen LogP contribution in [0.3, 0.4) is 0 Å². The molecule has 3 rings (SSSR count). The molecule has 0 radical (unpaired) electrons. The van der Waals surface area contributed by atoms with E-state index in [1.165, 1.54) is 4.90 Å². The number of ether oxygens (including phenoxy) is 1. The van der Waals surface area contributed by atoms with Gasteiger partial charge < -0.3 is 9.57 Å². The molecule has 2 aromatic carbocycles. The van der Waals surface area contributed by atoms with Crippen LogP contribution in [0.1, 0.15) is 16.8 Å². The van der Waals surface area contributed by atoms with E-state index < -0.39 is 0 Å². The van der Waals surface area contributed by atoms with Crippen molar-refractivity contribution in [3.8, 4) is 11.6 Å². The Morgan fingerprint density at radius 3 is 2.54 bits per heavy atom. The smallest absolute Gasteiger partial charge is 0.226 e. The van der Waals surface area contributed by atoms with Gasteiger partial charge in [0, 0.05) is 11.9 Å². The average Bonchev–Trinajstić information content (AvgIpc) is 2.93. The minimum absolute atomic E-state index is 0.416. The van der Waals surface area contributed by atoms with Crippen molar-refractivity contribution in [1.82, 2.24) is 9.78 Å². The van der Waals surface area contributed by atoms with E-state index in [2.05, 4.69) is 28.6 Å². The highest BCUT2D eigenvalue weighted by Crippen LogP contribution is 2.25. The number of thioether (sulfide) groups is 1. The zero-order valence-electron chi connectivity index (χ0n) is 15.0. The van der Waals surface area contributed by atoms with Crippen LogP contribution in [0.15, 0.2) is 64.6 Å². The van der Waals surface area contributed by atoms with Gasteiger partial charge in [0.25, 0.3) is 0 Å². The first-order valence-corrected chi connectivity index (χ1v) is 9.44. The van der Waals surface area contributed by atoms with Gasteiger partial charge in [-0.15, -0.1) is 11.8 Å². The predicted octanol–water partition coefficient (Wildman–Crippen LogP) is 4.79. The molecule has 0 atom stereocenters. The van der Waals surface area contributed by atoms with Crippen molar-refractivity contribution < 1.29 is 9.57 Å². The summed E-state index contributed by atoms with van der Waals surface area (Å²) in [6.07, 6.45) is 3.71. The largest absolute Gasteiger partial charge is 0.439 e. The van der Waals surface area contributed by atoms with Crippen LogP contribution >= 0.6 is 11.8 Å². The number of aromatic nitrogens is 2. The van der Waals surface area contributed by atoms with E-state index in [4.69, 9.17) is 9.57 Å². The summed E-state index contributed by atoms with van der Waals surface area (Å²) in [5, 5.41) is 8.50. The standard InChI is InChI=1S/C20H21N3O2S/c1-15-19(13-21-24-14-16-9-11-18(26-3)12-10-16)20(23(2)22-15)25-17-7-5-4-6-8-17/h4-13H,14H2,1-3H3. The van der Waals surface area contributed by atoms with Crippen LogP contribution < -0.4 is 4.74 Å². The quantitative estimate of drug-likeness (QED) is 0.342. The Balaban J connectivity index is 1.67. The molecule has 0 aliphatic carbocycles. The maximum absolute atomic E-state index is 5.95. The number of oxime groups is 1. The maximum Gasteiger partial charge on any atom is 0.226 e. The van der Waals surface area contributed by atoms with E-state index in [0.717, 1.165) is 22.6 Å². The molecule has 1 aromatic heterocycles. The molecule has 0 N–H and O–H groups in total. The number of benzene rings is 2. The molecule has 0 spiro atoms. The fraction of sp³-hybridized carbons (Fsp3) is 0.200. The zero-order chi connectivity index (χ0) is 18.4. The SMILES string of the molecule is CSc1ccc(CON=Cc2c(C)nn(C)c2Oc2ccccc2)cc1. The fourth-order valence-corrected chi connectivity index (χ4v) is 2.85. The Morgan fingerprint density at radius 2 is 1.85 bits per heavy atom. The zero-order valence-corrected chi connectivity index (χ0v) is 15.9. The highest BCUT2D eigenvalue weighted by atomic mass is 32.2. The second kappa shape index (κ2) is 8.58. The number of hydrogen-bond donors (Lipinski definition) is 0. The average molecular weight is 367 g/mol. The van der Waals surface area contributed by atoms with Gasteiger partial charge in [0.15, 0.2) is 0 Å². The van der Waals surface area contributed by atoms with Crippen molar-refractivity contribution >= 4 is 18.0 Å². The number of nitrogens with zero attached hydrogens (tertiary/aromatic N) is 3. The minimum Gasteiger partial charge on any atom is -0.439 e. The van der Waals surface area contributed by atoms with Crippen molar-refractivity contribution in [2.45, 2.75) is 18.4 Å². The Hall–Kier alpha value is -2.73. The van der Waals surface area contributed by atoms with Crippen molar-refractivity contribution in [3.05, 3.63) is 71.4 Å². The molecule has 134 valence electrons. The van der Waals surface area contributed by atoms with E-state index in [9.17, 15) is 0 Å². The summed E-state index contributed by atoms with van der Waals surface area (Å²) >= 11 is 1.72. The molecule has 0 aliphatic rings. The first-order chi connectivity index (χ1) is 12.7. The highest BCUT2D eigenvalue weighted by molar-refractivity contribution is 7.98. The third-order valence-corrected chi connectivity index (χ3v) is 4.56. The molecule has 5 nitrogen and oxygen atoms in total.